The van der Waals surface area contributed by atoms with Crippen LogP contribution in [-0.2, 0) is 52.5 Å². The number of allylic oxidation sites excluding steroid dienone is 10. The van der Waals surface area contributed by atoms with Crippen LogP contribution in [0, 0.1) is 85.8 Å². The van der Waals surface area contributed by atoms with E-state index >= 15 is 0 Å². The van der Waals surface area contributed by atoms with E-state index < -0.39 is 42.1 Å². The maximum Gasteiger partial charge on any atom is 0.534 e. The Morgan fingerprint density at radius 3 is 1.28 bits per heavy atom. The molecular weight excluding hydrogens is 1150 g/mol. The number of hydrogen-bond acceptors (Lipinski definition) is 11. The molecule has 0 bridgehead atoms. The number of esters is 2. The van der Waals surface area contributed by atoms with Crippen LogP contribution in [0.1, 0.15) is 213 Å². The molecule has 11 nitrogen and oxygen atoms in total. The Morgan fingerprint density at radius 2 is 0.859 bits per heavy atom. The first kappa shape index (κ1) is 68.6. The van der Waals surface area contributed by atoms with E-state index in [9.17, 15) is 57.6 Å². The van der Waals surface area contributed by atoms with Crippen molar-refractivity contribution in [3.63, 3.8) is 0 Å². The molecule has 0 N–H and O–H groups in total. The molecule has 85 heavy (non-hydrogen) atoms. The van der Waals surface area contributed by atoms with Gasteiger partial charge in [0.05, 0.1) is 0 Å². The van der Waals surface area contributed by atoms with Gasteiger partial charge in [-0.15, -0.1) is 0 Å². The minimum Gasteiger partial charge on any atom is -0.462 e. The lowest BCUT2D eigenvalue weighted by molar-refractivity contribution is -0.149. The zero-order valence-electron chi connectivity index (χ0n) is 48.8. The first-order valence-electron chi connectivity index (χ1n) is 30.2. The van der Waals surface area contributed by atoms with Crippen molar-refractivity contribution in [2.24, 2.45) is 85.8 Å². The predicted molar refractivity (Wildman–Crippen MR) is 315 cm³/mol. The van der Waals surface area contributed by atoms with Gasteiger partial charge in [-0.25, -0.2) is 0 Å². The van der Waals surface area contributed by atoms with Crippen molar-refractivity contribution in [2.45, 2.75) is 236 Å². The smallest absolute Gasteiger partial charge is 0.462 e. The third-order valence-corrected chi connectivity index (χ3v) is 26.1. The zero-order chi connectivity index (χ0) is 59.6. The monoisotopic (exact) mass is 1240 g/mol. The van der Waals surface area contributed by atoms with Crippen LogP contribution in [0.4, 0.5) is 26.3 Å². The van der Waals surface area contributed by atoms with Crippen molar-refractivity contribution in [2.75, 3.05) is 0 Å². The van der Waals surface area contributed by atoms with Gasteiger partial charge in [0.2, 0.25) is 0 Å². The average molecular weight is 1240 g/mol. The number of alkyl halides is 6. The summed E-state index contributed by atoms with van der Waals surface area (Å²) >= 11 is 0. The van der Waals surface area contributed by atoms with Crippen molar-refractivity contribution in [3.05, 3.63) is 70.8 Å². The first-order chi connectivity index (χ1) is 38.1. The van der Waals surface area contributed by atoms with Crippen molar-refractivity contribution in [3.8, 4) is 0 Å². The fourth-order valence-corrected chi connectivity index (χ4v) is 20.8. The molecule has 0 aliphatic heterocycles. The largest absolute Gasteiger partial charge is 0.534 e. The molecule has 0 aromatic rings. The number of rotatable bonds is 6. The molecule has 0 radical (unpaired) electrons. The van der Waals surface area contributed by atoms with Gasteiger partial charge >= 0.3 is 43.2 Å². The molecule has 480 valence electrons. The van der Waals surface area contributed by atoms with Gasteiger partial charge in [-0.1, -0.05) is 105 Å². The van der Waals surface area contributed by atoms with Gasteiger partial charge in [0, 0.05) is 49.4 Å². The van der Waals surface area contributed by atoms with Gasteiger partial charge < -0.3 is 17.8 Å². The Kier molecular flexibility index (Phi) is 19.2. The topological polar surface area (TPSA) is 156 Å². The summed E-state index contributed by atoms with van der Waals surface area (Å²) < 4.78 is 144. The van der Waals surface area contributed by atoms with E-state index in [1.165, 1.54) is 37.0 Å². The molecule has 9 unspecified atom stereocenters. The summed E-state index contributed by atoms with van der Waals surface area (Å²) in [6.07, 6.45) is 33.1. The molecular formula is C66H96F6O11S2. The summed E-state index contributed by atoms with van der Waals surface area (Å²) in [4.78, 5) is 35.1. The third kappa shape index (κ3) is 11.7. The number of fused-ring (bicyclic) bond motifs is 15. The predicted octanol–water partition coefficient (Wildman–Crippen LogP) is 17.1. The number of hydrogen-bond donors (Lipinski definition) is 0. The highest BCUT2D eigenvalue weighted by Gasteiger charge is 2.63. The molecule has 17 atom stereocenters. The summed E-state index contributed by atoms with van der Waals surface area (Å²) in [6.45, 7) is 15.9. The van der Waals surface area contributed by atoms with Crippen LogP contribution in [0.5, 0.6) is 0 Å². The molecule has 12 rings (SSSR count). The number of carbonyl (C=O) groups excluding carboxylic acids is 3. The van der Waals surface area contributed by atoms with Crippen LogP contribution >= 0.6 is 0 Å². The number of Topliss-reactive ketones (excluding diaryl/α,β-unsaturated/α-hetero) is 1. The quantitative estimate of drug-likeness (QED) is 0.0820. The highest BCUT2D eigenvalue weighted by molar-refractivity contribution is 7.88. The van der Waals surface area contributed by atoms with Gasteiger partial charge in [-0.05, 0) is 203 Å². The molecule has 0 aromatic heterocycles. The van der Waals surface area contributed by atoms with Crippen molar-refractivity contribution in [1.29, 1.82) is 0 Å². The second-order valence-corrected chi connectivity index (χ2v) is 31.1. The summed E-state index contributed by atoms with van der Waals surface area (Å²) in [5.74, 6) is 3.62. The Labute approximate surface area is 503 Å². The highest BCUT2D eigenvalue weighted by atomic mass is 32.2. The lowest BCUT2D eigenvalue weighted by Gasteiger charge is -2.57. The van der Waals surface area contributed by atoms with Crippen LogP contribution < -0.4 is 0 Å². The average Bonchev–Trinajstić information content (AvgIpc) is 1.76. The summed E-state index contributed by atoms with van der Waals surface area (Å²) in [7, 11) is -11.3. The highest BCUT2D eigenvalue weighted by Crippen LogP contribution is 2.68. The van der Waals surface area contributed by atoms with E-state index in [4.69, 9.17) is 9.47 Å². The second kappa shape index (κ2) is 23.8. The zero-order valence-corrected chi connectivity index (χ0v) is 50.4. The maximum atomic E-state index is 12.9. The standard InChI is InChI=1S/C22H29F3O5S.C21H30O3.C20H25F3O3S.3CH4/c1-13(26)29-15-8-10-20(2)14(12-15)4-5-16-17-6-7-19(21(17,3)11-9-18(16)20)30-31(27,28)22(23,24)25;1-13(22)24-15-8-10-20(2)14(12-15)4-5-16-17-6-7-19(23)21(17,3)11-9-18(16)20;1-18-11-4-3-5-13(18)6-7-14-15-8-9-17(19(15,2)12-10-16(14)18)26-27(24,25)20(21,22)23;;;/h4,7,15-18H,5-6,8-12H2,1-3H3;4,15-18H,5-12H2,1-3H3;3,5-6,9,14-16H,4,7-8,10-12H2,1-2H3;3*1H4/t2*15-,16?,17?,18?,20-,21-;14?,15?,16?,18-,19-;;;/m000.../s1. The SMILES string of the molecule is C.C.C.CC(=O)O[C@H]1CC[C@@]2(C)C(=CCC3C2CC[C@]2(C)C(=O)CCC32)C1.CC(=O)O[C@H]1CC[C@@]2(C)C(=CCC3C2CC[C@]2(C)C(OS(=O)(=O)C(F)(F)F)=CCC32)C1.C[C@]12CCC=CC1=CCC1C2CC[C@]2(C)C(OS(=O)(=O)C(F)(F)F)=CCC12. The summed E-state index contributed by atoms with van der Waals surface area (Å²) in [5.41, 5.74) is -7.67. The normalized spacial score (nSPS) is 41.0. The van der Waals surface area contributed by atoms with Gasteiger partial charge in [0.1, 0.15) is 29.5 Å². The first-order valence-corrected chi connectivity index (χ1v) is 33.0. The molecule has 6 fully saturated rings. The van der Waals surface area contributed by atoms with Crippen molar-refractivity contribution < 1.29 is 75.4 Å². The number of halogens is 6. The Balaban J connectivity index is 0.000000181. The summed E-state index contributed by atoms with van der Waals surface area (Å²) in [5, 5.41) is 0. The van der Waals surface area contributed by atoms with Crippen LogP contribution in [0.2, 0.25) is 0 Å². The van der Waals surface area contributed by atoms with Crippen molar-refractivity contribution in [1.82, 2.24) is 0 Å². The molecule has 0 spiro atoms. The molecule has 12 aliphatic carbocycles. The minimum atomic E-state index is -5.67. The Bertz CT molecular complexity index is 3010. The fraction of sp³-hybridized carbons (Fsp3) is 0.773. The Hall–Kier alpha value is -3.87. The Morgan fingerprint density at radius 1 is 0.482 bits per heavy atom. The van der Waals surface area contributed by atoms with Crippen LogP contribution in [0.3, 0.4) is 0 Å². The number of ketones is 1. The molecule has 6 saturated carbocycles. The van der Waals surface area contributed by atoms with E-state index in [-0.39, 0.29) is 97.4 Å². The minimum absolute atomic E-state index is 0. The molecule has 19 heteroatoms. The lowest BCUT2D eigenvalue weighted by atomic mass is 9.48. The van der Waals surface area contributed by atoms with E-state index in [1.54, 1.807) is 12.2 Å². The maximum absolute atomic E-state index is 12.9. The van der Waals surface area contributed by atoms with Gasteiger partial charge in [-0.3, -0.25) is 14.4 Å². The second-order valence-electron chi connectivity index (χ2n) is 28.0. The molecule has 0 saturated heterocycles. The van der Waals surface area contributed by atoms with Gasteiger partial charge in [0.15, 0.2) is 0 Å². The van der Waals surface area contributed by atoms with Gasteiger partial charge in [0.25, 0.3) is 0 Å². The van der Waals surface area contributed by atoms with E-state index in [0.717, 1.165) is 103 Å². The van der Waals surface area contributed by atoms with E-state index in [0.29, 0.717) is 67.0 Å². The van der Waals surface area contributed by atoms with Crippen LogP contribution in [-0.4, -0.2) is 57.8 Å². The summed E-state index contributed by atoms with van der Waals surface area (Å²) in [6, 6.07) is 0. The molecule has 0 aromatic carbocycles. The molecule has 12 aliphatic rings. The van der Waals surface area contributed by atoms with Crippen LogP contribution in [0.15, 0.2) is 70.8 Å². The van der Waals surface area contributed by atoms with Gasteiger partial charge in [-0.2, -0.15) is 43.2 Å². The van der Waals surface area contributed by atoms with E-state index in [2.05, 4.69) is 66.4 Å². The van der Waals surface area contributed by atoms with E-state index in [1.807, 2.05) is 13.8 Å². The number of ether oxygens (including phenoxy) is 2. The van der Waals surface area contributed by atoms with Crippen molar-refractivity contribution >= 4 is 38.0 Å². The van der Waals surface area contributed by atoms with Crippen LogP contribution in [0.25, 0.3) is 0 Å². The number of carbonyl (C=O) groups is 3. The third-order valence-electron chi connectivity index (χ3n) is 24.1. The fourth-order valence-electron chi connectivity index (χ4n) is 19.6. The molecule has 0 heterocycles. The molecule has 0 amide bonds. The lowest BCUT2D eigenvalue weighted by Crippen LogP contribution is -2.50.